The predicted molar refractivity (Wildman–Crippen MR) is 110 cm³/mol. The van der Waals surface area contributed by atoms with Gasteiger partial charge in [-0.15, -0.1) is 0 Å². The van der Waals surface area contributed by atoms with Crippen LogP contribution < -0.4 is 19.9 Å². The lowest BCUT2D eigenvalue weighted by Crippen LogP contribution is -2.14. The Morgan fingerprint density at radius 1 is 0.828 bits per heavy atom. The highest BCUT2D eigenvalue weighted by Crippen LogP contribution is 2.17. The van der Waals surface area contributed by atoms with Crippen molar-refractivity contribution in [3.8, 4) is 11.5 Å². The molecule has 0 aliphatic carbocycles. The Morgan fingerprint density at radius 3 is 2.10 bits per heavy atom. The van der Waals surface area contributed by atoms with Crippen LogP contribution in [0.2, 0.25) is 0 Å². The summed E-state index contributed by atoms with van der Waals surface area (Å²) in [5.74, 6) is 0.955. The van der Waals surface area contributed by atoms with Gasteiger partial charge in [0.25, 0.3) is 5.91 Å². The van der Waals surface area contributed by atoms with Gasteiger partial charge in [-0.25, -0.2) is 13.6 Å². The first kappa shape index (κ1) is 20.4. The van der Waals surface area contributed by atoms with E-state index in [1.807, 2.05) is 30.3 Å². The standard InChI is InChI=1S/C21H20N2O5S/c22-29(25,26)20-11-9-17(10-12-20)23-21(24)16-5-4-8-19(15-16)28-14-13-27-18-6-2-1-3-7-18/h1-12,15H,13-14H2,(H,23,24)(H2,22,25,26). The molecule has 0 fully saturated rings. The van der Waals surface area contributed by atoms with Crippen molar-refractivity contribution in [1.29, 1.82) is 0 Å². The summed E-state index contributed by atoms with van der Waals surface area (Å²) >= 11 is 0. The molecule has 0 radical (unpaired) electrons. The normalized spacial score (nSPS) is 10.9. The third kappa shape index (κ3) is 6.06. The topological polar surface area (TPSA) is 108 Å². The highest BCUT2D eigenvalue weighted by Gasteiger charge is 2.10. The van der Waals surface area contributed by atoms with Crippen LogP contribution in [0.15, 0.2) is 83.8 Å². The second-order valence-corrected chi connectivity index (χ2v) is 7.62. The summed E-state index contributed by atoms with van der Waals surface area (Å²) in [6, 6.07) is 21.8. The Morgan fingerprint density at radius 2 is 1.45 bits per heavy atom. The van der Waals surface area contributed by atoms with Crippen LogP contribution in [0.4, 0.5) is 5.69 Å². The second kappa shape index (κ2) is 9.22. The molecule has 0 aliphatic heterocycles. The van der Waals surface area contributed by atoms with Gasteiger partial charge in [0.15, 0.2) is 0 Å². The number of primary sulfonamides is 1. The van der Waals surface area contributed by atoms with E-state index in [0.29, 0.717) is 30.2 Å². The van der Waals surface area contributed by atoms with Crippen molar-refractivity contribution >= 4 is 21.6 Å². The lowest BCUT2D eigenvalue weighted by molar-refractivity contribution is 0.102. The molecule has 8 heteroatoms. The molecule has 0 aliphatic rings. The summed E-state index contributed by atoms with van der Waals surface area (Å²) in [4.78, 5) is 12.4. The van der Waals surface area contributed by atoms with Crippen molar-refractivity contribution in [2.45, 2.75) is 4.90 Å². The first-order chi connectivity index (χ1) is 13.9. The molecule has 0 spiro atoms. The largest absolute Gasteiger partial charge is 0.490 e. The average molecular weight is 412 g/mol. The lowest BCUT2D eigenvalue weighted by atomic mass is 10.2. The molecule has 0 heterocycles. The number of sulfonamides is 1. The molecule has 3 N–H and O–H groups in total. The minimum Gasteiger partial charge on any atom is -0.490 e. The van der Waals surface area contributed by atoms with Crippen molar-refractivity contribution in [1.82, 2.24) is 0 Å². The summed E-state index contributed by atoms with van der Waals surface area (Å²) < 4.78 is 33.8. The van der Waals surface area contributed by atoms with Crippen LogP contribution in [0, 0.1) is 0 Å². The number of amides is 1. The van der Waals surface area contributed by atoms with E-state index in [1.54, 1.807) is 24.3 Å². The van der Waals surface area contributed by atoms with Gasteiger partial charge in [-0.2, -0.15) is 0 Å². The van der Waals surface area contributed by atoms with Crippen LogP contribution in [-0.2, 0) is 10.0 Å². The number of anilines is 1. The Balaban J connectivity index is 1.55. The maximum Gasteiger partial charge on any atom is 0.255 e. The number of nitrogens with one attached hydrogen (secondary N) is 1. The van der Waals surface area contributed by atoms with Crippen LogP contribution in [-0.4, -0.2) is 27.5 Å². The number of benzene rings is 3. The van der Waals surface area contributed by atoms with E-state index in [2.05, 4.69) is 5.32 Å². The number of hydrogen-bond acceptors (Lipinski definition) is 5. The molecule has 3 rings (SSSR count). The zero-order chi connectivity index (χ0) is 20.7. The molecule has 3 aromatic rings. The lowest BCUT2D eigenvalue weighted by Gasteiger charge is -2.10. The minimum atomic E-state index is -3.77. The number of hydrogen-bond donors (Lipinski definition) is 2. The van der Waals surface area contributed by atoms with Gasteiger partial charge >= 0.3 is 0 Å². The number of rotatable bonds is 8. The summed E-state index contributed by atoms with van der Waals surface area (Å²) in [6.45, 7) is 0.700. The molecule has 0 saturated heterocycles. The number of nitrogens with two attached hydrogens (primary N) is 1. The smallest absolute Gasteiger partial charge is 0.255 e. The van der Waals surface area contributed by atoms with E-state index in [4.69, 9.17) is 14.6 Å². The fraction of sp³-hybridized carbons (Fsp3) is 0.0952. The van der Waals surface area contributed by atoms with E-state index in [9.17, 15) is 13.2 Å². The van der Waals surface area contributed by atoms with Crippen LogP contribution in [0.3, 0.4) is 0 Å². The number of carbonyl (C=O) groups is 1. The first-order valence-corrected chi connectivity index (χ1v) is 10.3. The molecule has 0 saturated carbocycles. The first-order valence-electron chi connectivity index (χ1n) is 8.77. The van der Waals surface area contributed by atoms with Crippen molar-refractivity contribution in [3.63, 3.8) is 0 Å². The molecule has 29 heavy (non-hydrogen) atoms. The average Bonchev–Trinajstić information content (AvgIpc) is 2.72. The highest BCUT2D eigenvalue weighted by atomic mass is 32.2. The Labute approximate surface area is 169 Å². The third-order valence-electron chi connectivity index (χ3n) is 3.90. The van der Waals surface area contributed by atoms with E-state index in [-0.39, 0.29) is 10.8 Å². The minimum absolute atomic E-state index is 0.0244. The predicted octanol–water partition coefficient (Wildman–Crippen LogP) is 3.04. The van der Waals surface area contributed by atoms with Crippen LogP contribution in [0.5, 0.6) is 11.5 Å². The summed E-state index contributed by atoms with van der Waals surface area (Å²) in [5.41, 5.74) is 0.854. The maximum absolute atomic E-state index is 12.4. The molecule has 1 amide bonds. The Hall–Kier alpha value is -3.36. The summed E-state index contributed by atoms with van der Waals surface area (Å²) in [7, 11) is -3.77. The molecule has 0 unspecified atom stereocenters. The fourth-order valence-electron chi connectivity index (χ4n) is 2.49. The summed E-state index contributed by atoms with van der Waals surface area (Å²) in [6.07, 6.45) is 0. The molecule has 3 aromatic carbocycles. The van der Waals surface area contributed by atoms with Gasteiger partial charge in [-0.05, 0) is 54.6 Å². The van der Waals surface area contributed by atoms with E-state index < -0.39 is 10.0 Å². The van der Waals surface area contributed by atoms with Crippen molar-refractivity contribution in [2.24, 2.45) is 5.14 Å². The number of ether oxygens (including phenoxy) is 2. The Bertz CT molecular complexity index is 1070. The van der Waals surface area contributed by atoms with Crippen LogP contribution in [0.1, 0.15) is 10.4 Å². The van der Waals surface area contributed by atoms with Gasteiger partial charge in [-0.1, -0.05) is 24.3 Å². The monoisotopic (exact) mass is 412 g/mol. The molecule has 0 bridgehead atoms. The third-order valence-corrected chi connectivity index (χ3v) is 4.83. The van der Waals surface area contributed by atoms with Gasteiger partial charge in [0.2, 0.25) is 10.0 Å². The Kier molecular flexibility index (Phi) is 6.48. The molecular formula is C21H20N2O5S. The zero-order valence-electron chi connectivity index (χ0n) is 15.4. The molecular weight excluding hydrogens is 392 g/mol. The SMILES string of the molecule is NS(=O)(=O)c1ccc(NC(=O)c2cccc(OCCOc3ccccc3)c2)cc1. The van der Waals surface area contributed by atoms with Crippen LogP contribution >= 0.6 is 0 Å². The zero-order valence-corrected chi connectivity index (χ0v) is 16.3. The number of para-hydroxylation sites is 1. The second-order valence-electron chi connectivity index (χ2n) is 6.06. The van der Waals surface area contributed by atoms with E-state index >= 15 is 0 Å². The van der Waals surface area contributed by atoms with Crippen molar-refractivity contribution in [2.75, 3.05) is 18.5 Å². The molecule has 150 valence electrons. The van der Waals surface area contributed by atoms with Gasteiger partial charge in [0.05, 0.1) is 4.90 Å². The highest BCUT2D eigenvalue weighted by molar-refractivity contribution is 7.89. The number of carbonyl (C=O) groups excluding carboxylic acids is 1. The van der Waals surface area contributed by atoms with E-state index in [1.165, 1.54) is 24.3 Å². The quantitative estimate of drug-likeness (QED) is 0.553. The maximum atomic E-state index is 12.4. The van der Waals surface area contributed by atoms with Gasteiger partial charge in [0, 0.05) is 11.3 Å². The summed E-state index contributed by atoms with van der Waals surface area (Å²) in [5, 5.41) is 7.76. The van der Waals surface area contributed by atoms with Crippen molar-refractivity contribution < 1.29 is 22.7 Å². The van der Waals surface area contributed by atoms with Gasteiger partial charge in [-0.3, -0.25) is 4.79 Å². The van der Waals surface area contributed by atoms with Crippen molar-refractivity contribution in [3.05, 3.63) is 84.4 Å². The van der Waals surface area contributed by atoms with E-state index in [0.717, 1.165) is 5.75 Å². The molecule has 0 aromatic heterocycles. The molecule has 0 atom stereocenters. The van der Waals surface area contributed by atoms with Gasteiger partial charge < -0.3 is 14.8 Å². The van der Waals surface area contributed by atoms with Gasteiger partial charge in [0.1, 0.15) is 24.7 Å². The fourth-order valence-corrected chi connectivity index (χ4v) is 3.01. The molecule has 7 nitrogen and oxygen atoms in total. The van der Waals surface area contributed by atoms with Crippen LogP contribution in [0.25, 0.3) is 0 Å².